The van der Waals surface area contributed by atoms with Crippen molar-refractivity contribution >= 4 is 28.3 Å². The minimum absolute atomic E-state index is 1.00. The zero-order chi connectivity index (χ0) is 26.0. The molecule has 0 fully saturated rings. The van der Waals surface area contributed by atoms with Crippen molar-refractivity contribution in [3.63, 3.8) is 0 Å². The summed E-state index contributed by atoms with van der Waals surface area (Å²) in [5.74, 6) is 0. The number of nitrogens with zero attached hydrogens (tertiary/aromatic N) is 3. The van der Waals surface area contributed by atoms with Crippen molar-refractivity contribution < 1.29 is 0 Å². The highest BCUT2D eigenvalue weighted by Crippen LogP contribution is 2.39. The maximum absolute atomic E-state index is 5.10. The summed E-state index contributed by atoms with van der Waals surface area (Å²) >= 11 is 0. The van der Waals surface area contributed by atoms with Crippen molar-refractivity contribution in [3.05, 3.63) is 156 Å². The molecule has 0 aliphatic heterocycles. The van der Waals surface area contributed by atoms with E-state index in [2.05, 4.69) is 149 Å². The van der Waals surface area contributed by atoms with Gasteiger partial charge in [0, 0.05) is 28.8 Å². The number of rotatable bonds is 4. The molecule has 0 spiro atoms. The van der Waals surface area contributed by atoms with Crippen LogP contribution in [0.5, 0.6) is 0 Å². The quantitative estimate of drug-likeness (QED) is 0.239. The average molecular weight is 504 g/mol. The number of aryl methyl sites for hydroxylation is 1. The fourth-order valence-electron chi connectivity index (χ4n) is 5.72. The number of aromatic nitrogens is 2. The molecule has 0 saturated carbocycles. The van der Waals surface area contributed by atoms with Gasteiger partial charge in [0.25, 0.3) is 0 Å². The maximum atomic E-state index is 5.10. The van der Waals surface area contributed by atoms with Crippen molar-refractivity contribution in [1.82, 2.24) is 9.38 Å². The number of pyridine rings is 1. The Bertz CT molecular complexity index is 1720. The summed E-state index contributed by atoms with van der Waals surface area (Å²) in [6.45, 7) is 0. The van der Waals surface area contributed by atoms with Crippen LogP contribution >= 0.6 is 0 Å². The van der Waals surface area contributed by atoms with E-state index in [1.54, 1.807) is 0 Å². The zero-order valence-electron chi connectivity index (χ0n) is 21.7. The number of fused-ring (bicyclic) bond motifs is 5. The molecule has 0 bridgehead atoms. The normalized spacial score (nSPS) is 13.0. The largest absolute Gasteiger partial charge is 0.311 e. The van der Waals surface area contributed by atoms with Gasteiger partial charge in [-0.1, -0.05) is 84.9 Å². The molecule has 1 aliphatic rings. The fourth-order valence-corrected chi connectivity index (χ4v) is 5.72. The molecular formula is C36H29N3. The van der Waals surface area contributed by atoms with Gasteiger partial charge in [-0.25, -0.2) is 4.98 Å². The molecule has 3 heteroatoms. The highest BCUT2D eigenvalue weighted by molar-refractivity contribution is 5.90. The summed E-state index contributed by atoms with van der Waals surface area (Å²) in [4.78, 5) is 7.40. The molecule has 0 radical (unpaired) electrons. The predicted octanol–water partition coefficient (Wildman–Crippen LogP) is 9.24. The van der Waals surface area contributed by atoms with E-state index >= 15 is 0 Å². The Hall–Kier alpha value is -4.89. The molecule has 4 aromatic carbocycles. The lowest BCUT2D eigenvalue weighted by molar-refractivity contribution is 0.812. The second kappa shape index (κ2) is 10.1. The Balaban J connectivity index is 1.32. The SMILES string of the molecule is C1=C(c2ccc(N(c3ccccc3)c3ccccc3)cc2)c2ccccc2-c2nc3ccccn3c2CCC1. The highest BCUT2D eigenvalue weighted by Gasteiger charge is 2.20. The predicted molar refractivity (Wildman–Crippen MR) is 162 cm³/mol. The lowest BCUT2D eigenvalue weighted by Gasteiger charge is -2.25. The van der Waals surface area contributed by atoms with Gasteiger partial charge in [-0.3, -0.25) is 0 Å². The van der Waals surface area contributed by atoms with Crippen LogP contribution in [-0.2, 0) is 6.42 Å². The average Bonchev–Trinajstić information content (AvgIpc) is 3.40. The second-order valence-corrected chi connectivity index (χ2v) is 9.94. The van der Waals surface area contributed by atoms with Crippen LogP contribution in [0.15, 0.2) is 140 Å². The zero-order valence-corrected chi connectivity index (χ0v) is 21.7. The molecular weight excluding hydrogens is 474 g/mol. The van der Waals surface area contributed by atoms with E-state index in [4.69, 9.17) is 4.98 Å². The Kier molecular flexibility index (Phi) is 6.03. The summed E-state index contributed by atoms with van der Waals surface area (Å²) in [6, 6.07) is 45.1. The summed E-state index contributed by atoms with van der Waals surface area (Å²) < 4.78 is 2.26. The summed E-state index contributed by atoms with van der Waals surface area (Å²) in [7, 11) is 0. The Labute approximate surface area is 229 Å². The molecule has 3 nitrogen and oxygen atoms in total. The van der Waals surface area contributed by atoms with Crippen molar-refractivity contribution in [2.24, 2.45) is 0 Å². The second-order valence-electron chi connectivity index (χ2n) is 9.94. The molecule has 6 aromatic rings. The van der Waals surface area contributed by atoms with E-state index in [0.29, 0.717) is 0 Å². The van der Waals surface area contributed by atoms with Gasteiger partial charge in [0.1, 0.15) is 5.65 Å². The van der Waals surface area contributed by atoms with Crippen LogP contribution in [0.2, 0.25) is 0 Å². The molecule has 188 valence electrons. The summed E-state index contributed by atoms with van der Waals surface area (Å²) in [5, 5.41) is 0. The van der Waals surface area contributed by atoms with Gasteiger partial charge in [-0.15, -0.1) is 0 Å². The Morgan fingerprint density at radius 3 is 1.92 bits per heavy atom. The smallest absolute Gasteiger partial charge is 0.137 e. The van der Waals surface area contributed by atoms with Gasteiger partial charge in [0.05, 0.1) is 11.4 Å². The first-order valence-corrected chi connectivity index (χ1v) is 13.6. The molecule has 7 rings (SSSR count). The minimum Gasteiger partial charge on any atom is -0.311 e. The van der Waals surface area contributed by atoms with Crippen LogP contribution in [0, 0.1) is 0 Å². The molecule has 2 aromatic heterocycles. The number of hydrogen-bond donors (Lipinski definition) is 0. The van der Waals surface area contributed by atoms with Gasteiger partial charge in [0.15, 0.2) is 0 Å². The standard InChI is InChI=1S/C36H29N3/c1-3-13-28(14-4-1)39(29-15-5-2-6-16-29)30-24-22-27(23-25-30)31-17-9-10-20-34-36(33-19-8-7-18-32(31)33)37-35-21-11-12-26-38(34)35/h1-8,11-19,21-26H,9-10,20H2. The van der Waals surface area contributed by atoms with E-state index in [1.165, 1.54) is 28.0 Å². The van der Waals surface area contributed by atoms with Gasteiger partial charge < -0.3 is 9.30 Å². The van der Waals surface area contributed by atoms with E-state index in [-0.39, 0.29) is 0 Å². The first kappa shape index (κ1) is 23.2. The van der Waals surface area contributed by atoms with Gasteiger partial charge in [-0.2, -0.15) is 0 Å². The third-order valence-electron chi connectivity index (χ3n) is 7.53. The Morgan fingerprint density at radius 1 is 0.590 bits per heavy atom. The van der Waals surface area contributed by atoms with Crippen LogP contribution in [0.3, 0.4) is 0 Å². The third-order valence-corrected chi connectivity index (χ3v) is 7.53. The van der Waals surface area contributed by atoms with E-state index in [0.717, 1.165) is 47.7 Å². The van der Waals surface area contributed by atoms with Crippen molar-refractivity contribution in [2.75, 3.05) is 4.90 Å². The molecule has 2 heterocycles. The summed E-state index contributed by atoms with van der Waals surface area (Å²) in [6.07, 6.45) is 7.66. The number of imidazole rings is 1. The van der Waals surface area contributed by atoms with Gasteiger partial charge in [0.2, 0.25) is 0 Å². The van der Waals surface area contributed by atoms with Crippen LogP contribution in [0.25, 0.3) is 22.5 Å². The molecule has 1 aliphatic carbocycles. The van der Waals surface area contributed by atoms with Crippen LogP contribution in [-0.4, -0.2) is 9.38 Å². The minimum atomic E-state index is 1.00. The van der Waals surface area contributed by atoms with Gasteiger partial charge >= 0.3 is 0 Å². The van der Waals surface area contributed by atoms with Crippen LogP contribution in [0.4, 0.5) is 17.1 Å². The molecule has 0 saturated heterocycles. The summed E-state index contributed by atoms with van der Waals surface area (Å²) in [5.41, 5.74) is 11.7. The first-order chi connectivity index (χ1) is 19.4. The number of para-hydroxylation sites is 2. The monoisotopic (exact) mass is 503 g/mol. The molecule has 39 heavy (non-hydrogen) atoms. The Morgan fingerprint density at radius 2 is 1.21 bits per heavy atom. The molecule has 0 atom stereocenters. The number of anilines is 3. The number of hydrogen-bond acceptors (Lipinski definition) is 2. The van der Waals surface area contributed by atoms with Crippen molar-refractivity contribution in [3.8, 4) is 11.3 Å². The number of allylic oxidation sites excluding steroid dienone is 1. The third kappa shape index (κ3) is 4.32. The molecule has 0 unspecified atom stereocenters. The van der Waals surface area contributed by atoms with E-state index in [9.17, 15) is 0 Å². The lowest BCUT2D eigenvalue weighted by atomic mass is 9.91. The fraction of sp³-hybridized carbons (Fsp3) is 0.0833. The van der Waals surface area contributed by atoms with Crippen molar-refractivity contribution in [2.45, 2.75) is 19.3 Å². The van der Waals surface area contributed by atoms with E-state index in [1.807, 2.05) is 0 Å². The van der Waals surface area contributed by atoms with Crippen LogP contribution in [0.1, 0.15) is 29.7 Å². The highest BCUT2D eigenvalue weighted by atomic mass is 15.1. The van der Waals surface area contributed by atoms with Crippen LogP contribution < -0.4 is 4.90 Å². The maximum Gasteiger partial charge on any atom is 0.137 e. The van der Waals surface area contributed by atoms with Crippen molar-refractivity contribution in [1.29, 1.82) is 0 Å². The molecule has 0 N–H and O–H groups in total. The first-order valence-electron chi connectivity index (χ1n) is 13.6. The molecule has 0 amide bonds. The number of benzene rings is 4. The topological polar surface area (TPSA) is 20.5 Å². The van der Waals surface area contributed by atoms with E-state index < -0.39 is 0 Å². The van der Waals surface area contributed by atoms with Gasteiger partial charge in [-0.05, 0) is 84.5 Å². The lowest BCUT2D eigenvalue weighted by Crippen LogP contribution is -2.09.